The molecule has 3 N–H and O–H groups in total. The molecule has 0 aromatic rings. The Bertz CT molecular complexity index is 302. The molecular formula is C5H5N5O. The van der Waals surface area contributed by atoms with Gasteiger partial charge in [-0.2, -0.15) is 4.99 Å². The first-order valence-corrected chi connectivity index (χ1v) is 3.02. The Balaban J connectivity index is 2.41. The summed E-state index contributed by atoms with van der Waals surface area (Å²) in [6.07, 6.45) is 1.36. The van der Waals surface area contributed by atoms with Gasteiger partial charge in [0.25, 0.3) is 0 Å². The van der Waals surface area contributed by atoms with E-state index in [2.05, 4.69) is 20.3 Å². The predicted octanol–water partition coefficient (Wildman–Crippen LogP) is -1.12. The summed E-state index contributed by atoms with van der Waals surface area (Å²) in [6.45, 7) is 0. The maximum absolute atomic E-state index is 10.7. The van der Waals surface area contributed by atoms with Crippen LogP contribution in [0.4, 0.5) is 4.79 Å². The van der Waals surface area contributed by atoms with Gasteiger partial charge >= 0.3 is 6.03 Å². The summed E-state index contributed by atoms with van der Waals surface area (Å²) >= 11 is 0. The summed E-state index contributed by atoms with van der Waals surface area (Å²) in [6, 6.07) is -0.851. The van der Waals surface area contributed by atoms with Crippen LogP contribution < -0.4 is 11.1 Å². The molecule has 1 atom stereocenters. The predicted molar refractivity (Wildman–Crippen MR) is 39.9 cm³/mol. The summed E-state index contributed by atoms with van der Waals surface area (Å²) in [4.78, 5) is 21.8. The second-order valence-electron chi connectivity index (χ2n) is 2.15. The quantitative estimate of drug-likeness (QED) is 0.458. The van der Waals surface area contributed by atoms with Gasteiger partial charge in [0.05, 0.1) is 0 Å². The van der Waals surface area contributed by atoms with Crippen LogP contribution in [0.1, 0.15) is 0 Å². The third-order valence-electron chi connectivity index (χ3n) is 1.42. The van der Waals surface area contributed by atoms with Crippen molar-refractivity contribution in [3.63, 3.8) is 0 Å². The number of hydrogen-bond acceptors (Lipinski definition) is 4. The monoisotopic (exact) mass is 151 g/mol. The zero-order valence-electron chi connectivity index (χ0n) is 5.48. The lowest BCUT2D eigenvalue weighted by atomic mass is 10.2. The van der Waals surface area contributed by atoms with Crippen LogP contribution in [0.3, 0.4) is 0 Å². The van der Waals surface area contributed by atoms with E-state index in [-0.39, 0.29) is 11.9 Å². The average molecular weight is 151 g/mol. The molecule has 0 fully saturated rings. The maximum Gasteiger partial charge on any atom is 0.348 e. The summed E-state index contributed by atoms with van der Waals surface area (Å²) in [5.74, 6) is 0.656. The zero-order valence-corrected chi connectivity index (χ0v) is 5.48. The molecule has 0 spiro atoms. The Kier molecular flexibility index (Phi) is 1.03. The fraction of sp³-hybridized carbons (Fsp3) is 0.200. The molecule has 2 aliphatic heterocycles. The largest absolute Gasteiger partial charge is 0.385 e. The highest BCUT2D eigenvalue weighted by Crippen LogP contribution is 2.04. The molecular weight excluding hydrogens is 146 g/mol. The fourth-order valence-corrected chi connectivity index (χ4v) is 0.936. The van der Waals surface area contributed by atoms with E-state index in [1.54, 1.807) is 0 Å². The van der Waals surface area contributed by atoms with Crippen LogP contribution >= 0.6 is 0 Å². The van der Waals surface area contributed by atoms with Crippen molar-refractivity contribution in [1.29, 1.82) is 0 Å². The third kappa shape index (κ3) is 0.794. The molecule has 1 unspecified atom stereocenters. The van der Waals surface area contributed by atoms with E-state index in [9.17, 15) is 4.79 Å². The summed E-state index contributed by atoms with van der Waals surface area (Å²) in [5.41, 5.74) is 5.40. The van der Waals surface area contributed by atoms with Gasteiger partial charge in [-0.3, -0.25) is 10.3 Å². The molecule has 0 aromatic heterocycles. The molecule has 2 aliphatic rings. The van der Waals surface area contributed by atoms with Crippen molar-refractivity contribution < 1.29 is 4.79 Å². The first-order valence-electron chi connectivity index (χ1n) is 3.02. The summed E-state index contributed by atoms with van der Waals surface area (Å²) < 4.78 is 0. The maximum atomic E-state index is 10.7. The van der Waals surface area contributed by atoms with Crippen molar-refractivity contribution in [3.05, 3.63) is 0 Å². The molecule has 0 aliphatic carbocycles. The molecule has 11 heavy (non-hydrogen) atoms. The minimum absolute atomic E-state index is 0.196. The first-order chi connectivity index (χ1) is 5.27. The SMILES string of the molecule is NC1=NC(=O)NC2=NC=NC12. The number of rotatable bonds is 0. The molecule has 0 saturated carbocycles. The minimum atomic E-state index is -0.483. The van der Waals surface area contributed by atoms with E-state index < -0.39 is 6.03 Å². The average Bonchev–Trinajstić information content (AvgIpc) is 2.34. The van der Waals surface area contributed by atoms with E-state index >= 15 is 0 Å². The number of nitrogens with zero attached hydrogens (tertiary/aromatic N) is 3. The number of carbonyl (C=O) groups excluding carboxylic acids is 1. The first kappa shape index (κ1) is 6.02. The number of hydrogen-bond donors (Lipinski definition) is 2. The van der Waals surface area contributed by atoms with Crippen LogP contribution in [-0.2, 0) is 0 Å². The van der Waals surface area contributed by atoms with Crippen molar-refractivity contribution in [1.82, 2.24) is 5.32 Å². The van der Waals surface area contributed by atoms with Crippen LogP contribution in [0.25, 0.3) is 0 Å². The minimum Gasteiger partial charge on any atom is -0.385 e. The van der Waals surface area contributed by atoms with E-state index in [1.807, 2.05) is 0 Å². The molecule has 0 bridgehead atoms. The number of fused-ring (bicyclic) bond motifs is 1. The fourth-order valence-electron chi connectivity index (χ4n) is 0.936. The Morgan fingerprint density at radius 2 is 2.45 bits per heavy atom. The highest BCUT2D eigenvalue weighted by molar-refractivity contribution is 6.23. The van der Waals surface area contributed by atoms with Gasteiger partial charge in [-0.05, 0) is 0 Å². The summed E-state index contributed by atoms with van der Waals surface area (Å²) in [5, 5.41) is 2.43. The Labute approximate surface area is 61.9 Å². The van der Waals surface area contributed by atoms with Gasteiger partial charge in [0.2, 0.25) is 0 Å². The Hall–Kier alpha value is -1.72. The van der Waals surface area contributed by atoms with Crippen LogP contribution in [0, 0.1) is 0 Å². The number of aliphatic imine (C=N–C) groups is 3. The number of amidine groups is 2. The molecule has 2 rings (SSSR count). The van der Waals surface area contributed by atoms with Crippen LogP contribution in [0.15, 0.2) is 15.0 Å². The van der Waals surface area contributed by atoms with Crippen LogP contribution in [0.2, 0.25) is 0 Å². The lowest BCUT2D eigenvalue weighted by Crippen LogP contribution is -2.47. The zero-order chi connectivity index (χ0) is 7.84. The molecule has 6 heteroatoms. The number of nitrogens with one attached hydrogen (secondary N) is 1. The van der Waals surface area contributed by atoms with Crippen LogP contribution in [-0.4, -0.2) is 30.1 Å². The Morgan fingerprint density at radius 3 is 3.27 bits per heavy atom. The lowest BCUT2D eigenvalue weighted by Gasteiger charge is -2.14. The summed E-state index contributed by atoms with van der Waals surface area (Å²) in [7, 11) is 0. The van der Waals surface area contributed by atoms with E-state index in [0.29, 0.717) is 5.84 Å². The topological polar surface area (TPSA) is 92.2 Å². The molecule has 0 saturated heterocycles. The van der Waals surface area contributed by atoms with E-state index in [1.165, 1.54) is 6.34 Å². The second kappa shape index (κ2) is 1.88. The van der Waals surface area contributed by atoms with Gasteiger partial charge in [0.15, 0.2) is 6.04 Å². The lowest BCUT2D eigenvalue weighted by molar-refractivity contribution is 0.252. The molecule has 0 radical (unpaired) electrons. The van der Waals surface area contributed by atoms with Gasteiger partial charge in [-0.1, -0.05) is 0 Å². The molecule has 56 valence electrons. The van der Waals surface area contributed by atoms with Crippen molar-refractivity contribution >= 4 is 24.0 Å². The highest BCUT2D eigenvalue weighted by Gasteiger charge is 2.28. The van der Waals surface area contributed by atoms with E-state index in [4.69, 9.17) is 5.73 Å². The van der Waals surface area contributed by atoms with Crippen molar-refractivity contribution in [2.45, 2.75) is 6.04 Å². The molecule has 6 nitrogen and oxygen atoms in total. The van der Waals surface area contributed by atoms with Crippen molar-refractivity contribution in [2.75, 3.05) is 0 Å². The van der Waals surface area contributed by atoms with Gasteiger partial charge in [0, 0.05) is 0 Å². The van der Waals surface area contributed by atoms with Gasteiger partial charge < -0.3 is 5.73 Å². The molecule has 2 heterocycles. The standard InChI is InChI=1S/C5H5N5O/c6-3-2-4(8-1-7-2)10-5(11)9-3/h1-2H,(H3,6,7,8,9,10,11). The smallest absolute Gasteiger partial charge is 0.348 e. The number of urea groups is 1. The number of carbonyl (C=O) groups is 1. The molecule has 2 amide bonds. The van der Waals surface area contributed by atoms with Crippen molar-refractivity contribution in [2.24, 2.45) is 20.7 Å². The van der Waals surface area contributed by atoms with Crippen molar-refractivity contribution in [3.8, 4) is 0 Å². The van der Waals surface area contributed by atoms with Gasteiger partial charge in [-0.25, -0.2) is 9.79 Å². The third-order valence-corrected chi connectivity index (χ3v) is 1.42. The molecule has 0 aromatic carbocycles. The van der Waals surface area contributed by atoms with Crippen LogP contribution in [0.5, 0.6) is 0 Å². The van der Waals surface area contributed by atoms with Gasteiger partial charge in [0.1, 0.15) is 18.0 Å². The van der Waals surface area contributed by atoms with E-state index in [0.717, 1.165) is 0 Å². The normalized spacial score (nSPS) is 27.3. The number of nitrogens with two attached hydrogens (primary N) is 1. The Morgan fingerprint density at radius 1 is 1.64 bits per heavy atom. The van der Waals surface area contributed by atoms with Gasteiger partial charge in [-0.15, -0.1) is 0 Å². The highest BCUT2D eigenvalue weighted by atomic mass is 16.2. The second-order valence-corrected chi connectivity index (χ2v) is 2.15. The number of amides is 2.